The second kappa shape index (κ2) is 14.9. The molecule has 13 heteroatoms. The van der Waals surface area contributed by atoms with E-state index in [2.05, 4.69) is 15.3 Å². The number of aromatic nitrogens is 4. The normalized spacial score (nSPS) is 11.1. The van der Waals surface area contributed by atoms with E-state index in [0.29, 0.717) is 33.1 Å². The number of halogens is 2. The van der Waals surface area contributed by atoms with Crippen LogP contribution in [0.1, 0.15) is 34.2 Å². The van der Waals surface area contributed by atoms with Crippen LogP contribution >= 0.6 is 23.2 Å². The monoisotopic (exact) mass is 672 g/mol. The molecule has 2 aromatic carbocycles. The van der Waals surface area contributed by atoms with E-state index < -0.39 is 17.8 Å². The predicted octanol–water partition coefficient (Wildman–Crippen LogP) is 5.98. The van der Waals surface area contributed by atoms with Gasteiger partial charge in [-0.1, -0.05) is 41.4 Å². The van der Waals surface area contributed by atoms with Crippen molar-refractivity contribution in [1.82, 2.24) is 24.8 Å². The molecule has 5 aromatic rings. The Morgan fingerprint density at radius 3 is 2.66 bits per heavy atom. The highest BCUT2D eigenvalue weighted by molar-refractivity contribution is 6.38. The molecule has 47 heavy (non-hydrogen) atoms. The van der Waals surface area contributed by atoms with E-state index in [1.807, 2.05) is 42.0 Å². The van der Waals surface area contributed by atoms with Gasteiger partial charge in [-0.3, -0.25) is 9.59 Å². The maximum absolute atomic E-state index is 13.0. The minimum atomic E-state index is -0.526. The molecule has 5 rings (SSSR count). The Kier molecular flexibility index (Phi) is 10.5. The van der Waals surface area contributed by atoms with Gasteiger partial charge < -0.3 is 24.3 Å². The standard InChI is InChI=1S/C34H30Cl2N6O5/c1-4-46-34(45)26-11-8-22(17-38-26)9-13-30(43)39-18-31(44)41(3)27-12-10-25(35)24(32(27)36)19-47-29-7-5-6-23-28(42-15-14-37-20-42)16-21(2)40-33(23)29/h5-17,20H,4,18-19H2,1-3H3,(H,39,43)/b13-9+. The maximum atomic E-state index is 13.0. The van der Waals surface area contributed by atoms with Crippen molar-refractivity contribution in [1.29, 1.82) is 0 Å². The second-order valence-corrected chi connectivity index (χ2v) is 11.0. The quantitative estimate of drug-likeness (QED) is 0.134. The molecule has 3 heterocycles. The van der Waals surface area contributed by atoms with Gasteiger partial charge in [0, 0.05) is 53.4 Å². The zero-order valence-corrected chi connectivity index (χ0v) is 27.2. The molecule has 0 radical (unpaired) electrons. The van der Waals surface area contributed by atoms with E-state index in [9.17, 15) is 14.4 Å². The number of hydrogen-bond acceptors (Lipinski definition) is 8. The number of anilines is 1. The Bertz CT molecular complexity index is 1960. The SMILES string of the molecule is CCOC(=O)c1ccc(/C=C/C(=O)NCC(=O)N(C)c2ccc(Cl)c(COc3cccc4c(-n5ccnc5)cc(C)nc34)c2Cl)cn1. The fraction of sp³-hybridized carbons (Fsp3) is 0.176. The number of para-hydroxylation sites is 1. The first-order chi connectivity index (χ1) is 22.7. The van der Waals surface area contributed by atoms with Gasteiger partial charge in [0.25, 0.3) is 0 Å². The molecule has 0 aliphatic heterocycles. The van der Waals surface area contributed by atoms with E-state index in [1.165, 1.54) is 29.3 Å². The molecule has 3 aromatic heterocycles. The first-order valence-corrected chi connectivity index (χ1v) is 15.3. The number of nitrogens with zero attached hydrogens (tertiary/aromatic N) is 5. The molecule has 0 saturated carbocycles. The number of ether oxygens (including phenoxy) is 2. The van der Waals surface area contributed by atoms with Crippen molar-refractivity contribution in [3.63, 3.8) is 0 Å². The van der Waals surface area contributed by atoms with Crippen LogP contribution in [0.25, 0.3) is 22.7 Å². The number of carbonyl (C=O) groups is 3. The van der Waals surface area contributed by atoms with Crippen molar-refractivity contribution < 1.29 is 23.9 Å². The van der Waals surface area contributed by atoms with Gasteiger partial charge in [0.15, 0.2) is 0 Å². The Labute approximate surface area is 280 Å². The molecule has 0 aliphatic carbocycles. The Morgan fingerprint density at radius 2 is 1.94 bits per heavy atom. The number of benzene rings is 2. The van der Waals surface area contributed by atoms with Gasteiger partial charge in [0.1, 0.15) is 23.6 Å². The molecular weight excluding hydrogens is 643 g/mol. The molecule has 0 spiro atoms. The number of hydrogen-bond donors (Lipinski definition) is 1. The van der Waals surface area contributed by atoms with Crippen LogP contribution in [0.4, 0.5) is 5.69 Å². The van der Waals surface area contributed by atoms with Crippen LogP contribution in [0.15, 0.2) is 79.5 Å². The van der Waals surface area contributed by atoms with Crippen LogP contribution in [-0.4, -0.2) is 57.5 Å². The number of rotatable bonds is 11. The lowest BCUT2D eigenvalue weighted by Gasteiger charge is -2.21. The Morgan fingerprint density at radius 1 is 1.11 bits per heavy atom. The average molecular weight is 674 g/mol. The number of likely N-dealkylation sites (N-methyl/N-ethyl adjacent to an activating group) is 1. The van der Waals surface area contributed by atoms with Crippen molar-refractivity contribution in [3.05, 3.63) is 112 Å². The predicted molar refractivity (Wildman–Crippen MR) is 180 cm³/mol. The molecule has 0 atom stereocenters. The highest BCUT2D eigenvalue weighted by atomic mass is 35.5. The zero-order valence-electron chi connectivity index (χ0n) is 25.7. The summed E-state index contributed by atoms with van der Waals surface area (Å²) in [5.74, 6) is -0.894. The van der Waals surface area contributed by atoms with E-state index in [0.717, 1.165) is 16.8 Å². The van der Waals surface area contributed by atoms with Gasteiger partial charge in [0.2, 0.25) is 11.8 Å². The number of aryl methyl sites for hydroxylation is 1. The number of nitrogens with one attached hydrogen (secondary N) is 1. The van der Waals surface area contributed by atoms with Gasteiger partial charge in [-0.15, -0.1) is 0 Å². The molecule has 0 bridgehead atoms. The maximum Gasteiger partial charge on any atom is 0.356 e. The first-order valence-electron chi connectivity index (χ1n) is 14.5. The lowest BCUT2D eigenvalue weighted by atomic mass is 10.1. The van der Waals surface area contributed by atoms with Crippen molar-refractivity contribution in [2.24, 2.45) is 0 Å². The third-order valence-electron chi connectivity index (χ3n) is 7.08. The van der Waals surface area contributed by atoms with Crippen LogP contribution in [0.5, 0.6) is 5.75 Å². The van der Waals surface area contributed by atoms with Gasteiger partial charge in [-0.05, 0) is 55.8 Å². The minimum Gasteiger partial charge on any atom is -0.487 e. The van der Waals surface area contributed by atoms with Crippen LogP contribution in [0, 0.1) is 6.92 Å². The number of fused-ring (bicyclic) bond motifs is 1. The van der Waals surface area contributed by atoms with E-state index in [-0.39, 0.29) is 30.5 Å². The molecule has 0 aliphatic rings. The average Bonchev–Trinajstić information content (AvgIpc) is 3.61. The summed E-state index contributed by atoms with van der Waals surface area (Å²) in [5.41, 5.74) is 4.02. The van der Waals surface area contributed by atoms with Gasteiger partial charge in [0.05, 0.1) is 35.9 Å². The van der Waals surface area contributed by atoms with Crippen molar-refractivity contribution in [2.75, 3.05) is 25.1 Å². The second-order valence-electron chi connectivity index (χ2n) is 10.3. The van der Waals surface area contributed by atoms with Crippen LogP contribution in [0.2, 0.25) is 10.0 Å². The van der Waals surface area contributed by atoms with Crippen molar-refractivity contribution in [3.8, 4) is 11.4 Å². The molecule has 1 N–H and O–H groups in total. The summed E-state index contributed by atoms with van der Waals surface area (Å²) in [6.07, 6.45) is 9.51. The summed E-state index contributed by atoms with van der Waals surface area (Å²) in [7, 11) is 1.55. The van der Waals surface area contributed by atoms with Crippen molar-refractivity contribution >= 4 is 63.7 Å². The molecule has 2 amide bonds. The fourth-order valence-corrected chi connectivity index (χ4v) is 5.27. The lowest BCUT2D eigenvalue weighted by molar-refractivity contribution is -0.122. The summed E-state index contributed by atoms with van der Waals surface area (Å²) in [6.45, 7) is 3.59. The summed E-state index contributed by atoms with van der Waals surface area (Å²) in [6, 6.07) is 14.0. The van der Waals surface area contributed by atoms with Gasteiger partial charge in [-0.25, -0.2) is 19.7 Å². The molecule has 0 fully saturated rings. The largest absolute Gasteiger partial charge is 0.487 e. The number of amides is 2. The number of esters is 1. The first kappa shape index (κ1) is 33.1. The van der Waals surface area contributed by atoms with E-state index in [1.54, 1.807) is 44.7 Å². The van der Waals surface area contributed by atoms with E-state index >= 15 is 0 Å². The fourth-order valence-electron chi connectivity index (χ4n) is 4.66. The summed E-state index contributed by atoms with van der Waals surface area (Å²) >= 11 is 13.3. The van der Waals surface area contributed by atoms with Gasteiger partial charge in [-0.2, -0.15) is 0 Å². The van der Waals surface area contributed by atoms with E-state index in [4.69, 9.17) is 37.7 Å². The summed E-state index contributed by atoms with van der Waals surface area (Å²) < 4.78 is 13.0. The number of imidazole rings is 1. The summed E-state index contributed by atoms with van der Waals surface area (Å²) in [4.78, 5) is 51.4. The van der Waals surface area contributed by atoms with Crippen LogP contribution in [-0.2, 0) is 20.9 Å². The number of carbonyl (C=O) groups excluding carboxylic acids is 3. The molecule has 0 saturated heterocycles. The molecule has 0 unspecified atom stereocenters. The summed E-state index contributed by atoms with van der Waals surface area (Å²) in [5, 5.41) is 4.04. The highest BCUT2D eigenvalue weighted by Crippen LogP contribution is 2.36. The van der Waals surface area contributed by atoms with Crippen LogP contribution < -0.4 is 15.0 Å². The Balaban J connectivity index is 1.24. The third-order valence-corrected chi connectivity index (χ3v) is 7.85. The zero-order chi connectivity index (χ0) is 33.5. The van der Waals surface area contributed by atoms with Crippen LogP contribution in [0.3, 0.4) is 0 Å². The van der Waals surface area contributed by atoms with Crippen molar-refractivity contribution in [2.45, 2.75) is 20.5 Å². The Hall–Kier alpha value is -5.26. The lowest BCUT2D eigenvalue weighted by Crippen LogP contribution is -2.37. The molecule has 240 valence electrons. The highest BCUT2D eigenvalue weighted by Gasteiger charge is 2.20. The third kappa shape index (κ3) is 7.76. The molecule has 11 nitrogen and oxygen atoms in total. The number of pyridine rings is 2. The molecular formula is C34H30Cl2N6O5. The van der Waals surface area contributed by atoms with Gasteiger partial charge >= 0.3 is 5.97 Å². The minimum absolute atomic E-state index is 0.0137. The topological polar surface area (TPSA) is 129 Å². The smallest absolute Gasteiger partial charge is 0.356 e.